The van der Waals surface area contributed by atoms with Crippen molar-refractivity contribution in [2.75, 3.05) is 13.2 Å². The van der Waals surface area contributed by atoms with E-state index in [9.17, 15) is 0 Å². The Labute approximate surface area is 153 Å². The molecule has 0 amide bonds. The lowest BCUT2D eigenvalue weighted by Gasteiger charge is -2.49. The molecule has 1 fully saturated rings. The predicted octanol–water partition coefficient (Wildman–Crippen LogP) is 6.00. The standard InChI is InChI=1S/C21H34ClNO/c1-6-20(5)15-21(16(2)3,12-14-24-20)11-13-23-17(4)18-7-9-19(22)10-8-18/h7-10,16-17,23H,6,11-15H2,1-5H3/t17-,20+,21-/m1/s1. The maximum atomic E-state index is 6.10. The number of nitrogens with one attached hydrogen (secondary N) is 1. The molecule has 0 radical (unpaired) electrons. The molecular formula is C21H34ClNO. The molecule has 3 heteroatoms. The molecule has 0 unspecified atom stereocenters. The minimum Gasteiger partial charge on any atom is -0.375 e. The Kier molecular flexibility index (Phi) is 6.75. The monoisotopic (exact) mass is 351 g/mol. The Morgan fingerprint density at radius 2 is 1.88 bits per heavy atom. The molecule has 2 rings (SSSR count). The summed E-state index contributed by atoms with van der Waals surface area (Å²) in [7, 11) is 0. The second kappa shape index (κ2) is 8.21. The highest BCUT2D eigenvalue weighted by Crippen LogP contribution is 2.47. The van der Waals surface area contributed by atoms with Gasteiger partial charge < -0.3 is 10.1 Å². The maximum Gasteiger partial charge on any atom is 0.0657 e. The van der Waals surface area contributed by atoms with Crippen LogP contribution in [0.4, 0.5) is 0 Å². The van der Waals surface area contributed by atoms with Gasteiger partial charge >= 0.3 is 0 Å². The van der Waals surface area contributed by atoms with Crippen LogP contribution in [0.3, 0.4) is 0 Å². The smallest absolute Gasteiger partial charge is 0.0657 e. The number of hydrogen-bond acceptors (Lipinski definition) is 2. The SMILES string of the molecule is CC[C@@]1(C)C[C@](CCN[C@H](C)c2ccc(Cl)cc2)(C(C)C)CCO1. The molecule has 1 aromatic carbocycles. The van der Waals surface area contributed by atoms with E-state index in [1.807, 2.05) is 12.1 Å². The van der Waals surface area contributed by atoms with Crippen molar-refractivity contribution in [2.24, 2.45) is 11.3 Å². The van der Waals surface area contributed by atoms with Crippen molar-refractivity contribution < 1.29 is 4.74 Å². The molecule has 1 aliphatic heterocycles. The van der Waals surface area contributed by atoms with Crippen LogP contribution >= 0.6 is 11.6 Å². The summed E-state index contributed by atoms with van der Waals surface area (Å²) in [5, 5.41) is 4.50. The quantitative estimate of drug-likeness (QED) is 0.650. The minimum atomic E-state index is 0.0459. The molecule has 136 valence electrons. The molecule has 0 spiro atoms. The van der Waals surface area contributed by atoms with Gasteiger partial charge in [-0.15, -0.1) is 0 Å². The molecule has 1 heterocycles. The van der Waals surface area contributed by atoms with Gasteiger partial charge in [0.15, 0.2) is 0 Å². The van der Waals surface area contributed by atoms with Crippen LogP contribution in [-0.2, 0) is 4.74 Å². The van der Waals surface area contributed by atoms with Crippen LogP contribution in [0, 0.1) is 11.3 Å². The van der Waals surface area contributed by atoms with Gasteiger partial charge in [0.2, 0.25) is 0 Å². The highest BCUT2D eigenvalue weighted by atomic mass is 35.5. The van der Waals surface area contributed by atoms with Crippen molar-refractivity contribution in [3.05, 3.63) is 34.9 Å². The summed E-state index contributed by atoms with van der Waals surface area (Å²) < 4.78 is 6.10. The van der Waals surface area contributed by atoms with Gasteiger partial charge in [-0.05, 0) is 75.1 Å². The molecular weight excluding hydrogens is 318 g/mol. The van der Waals surface area contributed by atoms with E-state index < -0.39 is 0 Å². The average molecular weight is 352 g/mol. The molecule has 24 heavy (non-hydrogen) atoms. The van der Waals surface area contributed by atoms with Crippen LogP contribution < -0.4 is 5.32 Å². The lowest BCUT2D eigenvalue weighted by Crippen LogP contribution is -2.46. The van der Waals surface area contributed by atoms with Gasteiger partial charge in [-0.1, -0.05) is 44.5 Å². The van der Waals surface area contributed by atoms with E-state index in [2.05, 4.69) is 52.1 Å². The first-order valence-corrected chi connectivity index (χ1v) is 9.81. The second-order valence-electron chi connectivity index (χ2n) is 8.07. The molecule has 0 aliphatic carbocycles. The van der Waals surface area contributed by atoms with E-state index in [1.165, 1.54) is 24.8 Å². The summed E-state index contributed by atoms with van der Waals surface area (Å²) >= 11 is 5.98. The first kappa shape index (κ1) is 19.8. The predicted molar refractivity (Wildman–Crippen MR) is 104 cm³/mol. The summed E-state index contributed by atoms with van der Waals surface area (Å²) in [5.41, 5.74) is 1.73. The largest absolute Gasteiger partial charge is 0.375 e. The third-order valence-electron chi connectivity index (χ3n) is 6.19. The van der Waals surface area contributed by atoms with Gasteiger partial charge in [0, 0.05) is 17.7 Å². The third kappa shape index (κ3) is 4.74. The number of rotatable bonds is 7. The number of halogens is 1. The lowest BCUT2D eigenvalue weighted by atomic mass is 9.64. The zero-order chi connectivity index (χ0) is 17.8. The summed E-state index contributed by atoms with van der Waals surface area (Å²) in [6.45, 7) is 13.5. The highest BCUT2D eigenvalue weighted by molar-refractivity contribution is 6.30. The minimum absolute atomic E-state index is 0.0459. The van der Waals surface area contributed by atoms with E-state index in [1.54, 1.807) is 0 Å². The van der Waals surface area contributed by atoms with Gasteiger partial charge in [0.1, 0.15) is 0 Å². The molecule has 0 aromatic heterocycles. The van der Waals surface area contributed by atoms with Gasteiger partial charge in [0.25, 0.3) is 0 Å². The first-order valence-electron chi connectivity index (χ1n) is 9.43. The Hall–Kier alpha value is -0.570. The van der Waals surface area contributed by atoms with Gasteiger partial charge in [-0.3, -0.25) is 0 Å². The van der Waals surface area contributed by atoms with Crippen molar-refractivity contribution in [2.45, 2.75) is 71.9 Å². The molecule has 1 saturated heterocycles. The molecule has 1 aliphatic rings. The molecule has 3 atom stereocenters. The van der Waals surface area contributed by atoms with Crippen molar-refractivity contribution in [1.82, 2.24) is 5.32 Å². The van der Waals surface area contributed by atoms with Crippen molar-refractivity contribution >= 4 is 11.6 Å². The van der Waals surface area contributed by atoms with Crippen LogP contribution in [0.15, 0.2) is 24.3 Å². The number of benzene rings is 1. The van der Waals surface area contributed by atoms with Crippen molar-refractivity contribution in [3.63, 3.8) is 0 Å². The average Bonchev–Trinajstić information content (AvgIpc) is 2.55. The normalized spacial score (nSPS) is 29.0. The second-order valence-corrected chi connectivity index (χ2v) is 8.51. The number of ether oxygens (including phenoxy) is 1. The molecule has 1 N–H and O–H groups in total. The fourth-order valence-electron chi connectivity index (χ4n) is 4.01. The molecule has 1 aromatic rings. The van der Waals surface area contributed by atoms with Crippen LogP contribution in [0.5, 0.6) is 0 Å². The summed E-state index contributed by atoms with van der Waals surface area (Å²) in [6, 6.07) is 8.51. The van der Waals surface area contributed by atoms with E-state index in [4.69, 9.17) is 16.3 Å². The zero-order valence-electron chi connectivity index (χ0n) is 16.0. The summed E-state index contributed by atoms with van der Waals surface area (Å²) in [4.78, 5) is 0. The van der Waals surface area contributed by atoms with Crippen LogP contribution in [0.25, 0.3) is 0 Å². The number of hydrogen-bond donors (Lipinski definition) is 1. The van der Waals surface area contributed by atoms with Crippen molar-refractivity contribution in [3.8, 4) is 0 Å². The Morgan fingerprint density at radius 3 is 2.46 bits per heavy atom. The van der Waals surface area contributed by atoms with Crippen molar-refractivity contribution in [1.29, 1.82) is 0 Å². The van der Waals surface area contributed by atoms with Crippen LogP contribution in [0.2, 0.25) is 5.02 Å². The van der Waals surface area contributed by atoms with E-state index in [-0.39, 0.29) is 5.60 Å². The topological polar surface area (TPSA) is 21.3 Å². The fourth-order valence-corrected chi connectivity index (χ4v) is 4.14. The fraction of sp³-hybridized carbons (Fsp3) is 0.714. The van der Waals surface area contributed by atoms with Gasteiger partial charge in [0.05, 0.1) is 5.60 Å². The van der Waals surface area contributed by atoms with Crippen LogP contribution in [-0.4, -0.2) is 18.8 Å². The zero-order valence-corrected chi connectivity index (χ0v) is 16.7. The Balaban J connectivity index is 1.95. The Morgan fingerprint density at radius 1 is 1.21 bits per heavy atom. The highest BCUT2D eigenvalue weighted by Gasteiger charge is 2.43. The molecule has 0 saturated carbocycles. The lowest BCUT2D eigenvalue weighted by molar-refractivity contribution is -0.132. The van der Waals surface area contributed by atoms with E-state index >= 15 is 0 Å². The van der Waals surface area contributed by atoms with Gasteiger partial charge in [-0.25, -0.2) is 0 Å². The van der Waals surface area contributed by atoms with Crippen LogP contribution in [0.1, 0.15) is 71.9 Å². The van der Waals surface area contributed by atoms with Gasteiger partial charge in [-0.2, -0.15) is 0 Å². The third-order valence-corrected chi connectivity index (χ3v) is 6.44. The Bertz CT molecular complexity index is 515. The summed E-state index contributed by atoms with van der Waals surface area (Å²) in [6.07, 6.45) is 4.65. The summed E-state index contributed by atoms with van der Waals surface area (Å²) in [5.74, 6) is 0.680. The molecule has 0 bridgehead atoms. The first-order chi connectivity index (χ1) is 11.3. The van der Waals surface area contributed by atoms with E-state index in [0.29, 0.717) is 17.4 Å². The van der Waals surface area contributed by atoms with E-state index in [0.717, 1.165) is 24.6 Å². The molecule has 2 nitrogen and oxygen atoms in total. The maximum absolute atomic E-state index is 6.10.